The normalized spacial score (nSPS) is 10.7. The van der Waals surface area contributed by atoms with E-state index in [1.807, 2.05) is 103 Å². The summed E-state index contributed by atoms with van der Waals surface area (Å²) in [5, 5.41) is 0. The number of esters is 1. The van der Waals surface area contributed by atoms with Crippen LogP contribution in [-0.2, 0) is 4.74 Å². The fourth-order valence-corrected chi connectivity index (χ4v) is 4.21. The zero-order chi connectivity index (χ0) is 24.7. The fraction of sp³-hybridized carbons (Fsp3) is 0.0303. The number of carbonyl (C=O) groups excluding carboxylic acids is 2. The van der Waals surface area contributed by atoms with E-state index in [0.717, 1.165) is 22.3 Å². The van der Waals surface area contributed by atoms with Crippen LogP contribution in [0.3, 0.4) is 0 Å². The Morgan fingerprint density at radius 3 is 1.47 bits per heavy atom. The quantitative estimate of drug-likeness (QED) is 0.183. The average molecular weight is 469 g/mol. The number of benzene rings is 5. The minimum Gasteiger partial charge on any atom is -0.449 e. The van der Waals surface area contributed by atoms with E-state index in [1.165, 1.54) is 0 Å². The highest BCUT2D eigenvalue weighted by Gasteiger charge is 2.24. The Morgan fingerprint density at radius 1 is 0.472 bits per heavy atom. The first kappa shape index (κ1) is 23.0. The van der Waals surface area contributed by atoms with E-state index in [4.69, 9.17) is 4.74 Å². The molecule has 0 aliphatic carbocycles. The minimum absolute atomic E-state index is 0.224. The molecule has 5 rings (SSSR count). The summed E-state index contributed by atoms with van der Waals surface area (Å²) in [4.78, 5) is 26.9. The highest BCUT2D eigenvalue weighted by atomic mass is 16.5. The third-order valence-corrected chi connectivity index (χ3v) is 6.08. The molecule has 0 unspecified atom stereocenters. The highest BCUT2D eigenvalue weighted by molar-refractivity contribution is 6.14. The van der Waals surface area contributed by atoms with Crippen LogP contribution in [0.4, 0.5) is 0 Å². The van der Waals surface area contributed by atoms with Crippen LogP contribution in [-0.4, -0.2) is 11.8 Å². The molecule has 5 aromatic carbocycles. The molecule has 0 saturated heterocycles. The molecule has 3 nitrogen and oxygen atoms in total. The predicted octanol–water partition coefficient (Wildman–Crippen LogP) is 7.53. The highest BCUT2D eigenvalue weighted by Crippen LogP contribution is 2.28. The molecule has 0 spiro atoms. The molecule has 0 aromatic heterocycles. The second-order valence-corrected chi connectivity index (χ2v) is 8.42. The Morgan fingerprint density at radius 2 is 0.917 bits per heavy atom. The van der Waals surface area contributed by atoms with Gasteiger partial charge in [0.05, 0.1) is 5.56 Å². The van der Waals surface area contributed by atoms with Crippen molar-refractivity contribution >= 4 is 11.8 Å². The Kier molecular flexibility index (Phi) is 6.81. The maximum absolute atomic E-state index is 13.4. The molecule has 0 N–H and O–H groups in total. The summed E-state index contributed by atoms with van der Waals surface area (Å²) in [5.74, 6) is -0.768. The van der Waals surface area contributed by atoms with Crippen molar-refractivity contribution < 1.29 is 14.3 Å². The lowest BCUT2D eigenvalue weighted by Crippen LogP contribution is -2.16. The molecular formula is C33H24O3. The molecule has 5 aromatic rings. The van der Waals surface area contributed by atoms with E-state index in [0.29, 0.717) is 11.1 Å². The van der Waals surface area contributed by atoms with Gasteiger partial charge in [-0.2, -0.15) is 0 Å². The Bertz CT molecular complexity index is 1420. The Hall–Kier alpha value is -4.76. The number of hydrogen-bond acceptors (Lipinski definition) is 3. The second-order valence-electron chi connectivity index (χ2n) is 8.42. The third kappa shape index (κ3) is 5.01. The maximum Gasteiger partial charge on any atom is 0.339 e. The van der Waals surface area contributed by atoms with Gasteiger partial charge in [0.25, 0.3) is 0 Å². The van der Waals surface area contributed by atoms with E-state index >= 15 is 0 Å². The molecule has 0 aliphatic rings. The van der Waals surface area contributed by atoms with E-state index in [2.05, 4.69) is 0 Å². The van der Waals surface area contributed by atoms with E-state index < -0.39 is 12.1 Å². The largest absolute Gasteiger partial charge is 0.449 e. The molecule has 36 heavy (non-hydrogen) atoms. The van der Waals surface area contributed by atoms with Gasteiger partial charge in [0.15, 0.2) is 11.9 Å². The Balaban J connectivity index is 1.43. The molecule has 0 radical (unpaired) electrons. The van der Waals surface area contributed by atoms with Crippen LogP contribution in [0, 0.1) is 0 Å². The van der Waals surface area contributed by atoms with Gasteiger partial charge in [0.2, 0.25) is 0 Å². The van der Waals surface area contributed by atoms with Gasteiger partial charge in [0, 0.05) is 11.1 Å². The van der Waals surface area contributed by atoms with Crippen molar-refractivity contribution in [2.24, 2.45) is 0 Å². The van der Waals surface area contributed by atoms with Crippen LogP contribution in [0.2, 0.25) is 0 Å². The van der Waals surface area contributed by atoms with Gasteiger partial charge in [-0.25, -0.2) is 4.79 Å². The molecule has 0 heterocycles. The van der Waals surface area contributed by atoms with Gasteiger partial charge < -0.3 is 4.74 Å². The summed E-state index contributed by atoms with van der Waals surface area (Å²) in [7, 11) is 0. The number of ketones is 1. The summed E-state index contributed by atoms with van der Waals surface area (Å²) in [6, 6.07) is 43.4. The van der Waals surface area contributed by atoms with Crippen molar-refractivity contribution in [3.63, 3.8) is 0 Å². The monoisotopic (exact) mass is 468 g/mol. The van der Waals surface area contributed by atoms with E-state index in [9.17, 15) is 9.59 Å². The van der Waals surface area contributed by atoms with Crippen molar-refractivity contribution in [3.8, 4) is 11.1 Å². The topological polar surface area (TPSA) is 43.4 Å². The van der Waals surface area contributed by atoms with Crippen LogP contribution in [0.15, 0.2) is 140 Å². The van der Waals surface area contributed by atoms with Gasteiger partial charge in [0.1, 0.15) is 0 Å². The number of carbonyl (C=O) groups is 2. The van der Waals surface area contributed by atoms with Crippen molar-refractivity contribution in [2.75, 3.05) is 0 Å². The summed E-state index contributed by atoms with van der Waals surface area (Å²) < 4.78 is 6.02. The number of ether oxygens (including phenoxy) is 1. The minimum atomic E-state index is -0.590. The van der Waals surface area contributed by atoms with E-state index in [-0.39, 0.29) is 11.3 Å². The number of rotatable bonds is 7. The van der Waals surface area contributed by atoms with Gasteiger partial charge in [-0.05, 0) is 28.3 Å². The molecule has 3 heteroatoms. The Labute approximate surface area is 210 Å². The van der Waals surface area contributed by atoms with Crippen molar-refractivity contribution in [3.05, 3.63) is 167 Å². The van der Waals surface area contributed by atoms with Gasteiger partial charge in [-0.3, -0.25) is 4.79 Å². The smallest absolute Gasteiger partial charge is 0.339 e. The van der Waals surface area contributed by atoms with Crippen LogP contribution in [0.5, 0.6) is 0 Å². The zero-order valence-electron chi connectivity index (χ0n) is 19.6. The number of hydrogen-bond donors (Lipinski definition) is 0. The standard InChI is InChI=1S/C33H24O3/c34-31(26-22-20-25(21-23-26)24-12-4-1-5-13-24)29-18-10-11-19-30(29)33(35)36-32(27-14-6-2-7-15-27)28-16-8-3-9-17-28/h1-23,32H. The second kappa shape index (κ2) is 10.7. The molecule has 0 fully saturated rings. The first-order valence-electron chi connectivity index (χ1n) is 11.8. The van der Waals surface area contributed by atoms with Gasteiger partial charge in [-0.1, -0.05) is 133 Å². The predicted molar refractivity (Wildman–Crippen MR) is 142 cm³/mol. The van der Waals surface area contributed by atoms with Crippen molar-refractivity contribution in [1.82, 2.24) is 0 Å². The summed E-state index contributed by atoms with van der Waals surface area (Å²) in [6.45, 7) is 0. The molecule has 0 aliphatic heterocycles. The first-order chi connectivity index (χ1) is 17.7. The molecule has 0 saturated carbocycles. The lowest BCUT2D eigenvalue weighted by molar-refractivity contribution is 0.0376. The summed E-state index contributed by atoms with van der Waals surface area (Å²) >= 11 is 0. The average Bonchev–Trinajstić information content (AvgIpc) is 2.97. The zero-order valence-corrected chi connectivity index (χ0v) is 19.6. The van der Waals surface area contributed by atoms with Crippen LogP contribution in [0.25, 0.3) is 11.1 Å². The van der Waals surface area contributed by atoms with Gasteiger partial charge in [-0.15, -0.1) is 0 Å². The van der Waals surface area contributed by atoms with Crippen LogP contribution >= 0.6 is 0 Å². The third-order valence-electron chi connectivity index (χ3n) is 6.08. The lowest BCUT2D eigenvalue weighted by atomic mass is 9.96. The fourth-order valence-electron chi connectivity index (χ4n) is 4.21. The van der Waals surface area contributed by atoms with Crippen molar-refractivity contribution in [1.29, 1.82) is 0 Å². The van der Waals surface area contributed by atoms with Gasteiger partial charge >= 0.3 is 5.97 Å². The lowest BCUT2D eigenvalue weighted by Gasteiger charge is -2.20. The molecular weight excluding hydrogens is 444 g/mol. The molecule has 174 valence electrons. The SMILES string of the molecule is O=C(OC(c1ccccc1)c1ccccc1)c1ccccc1C(=O)c1ccc(-c2ccccc2)cc1. The molecule has 0 amide bonds. The van der Waals surface area contributed by atoms with Crippen LogP contribution in [0.1, 0.15) is 43.5 Å². The molecule has 0 atom stereocenters. The van der Waals surface area contributed by atoms with Crippen LogP contribution < -0.4 is 0 Å². The summed E-state index contributed by atoms with van der Waals surface area (Å²) in [5.41, 5.74) is 4.88. The maximum atomic E-state index is 13.4. The van der Waals surface area contributed by atoms with Crippen molar-refractivity contribution in [2.45, 2.75) is 6.10 Å². The first-order valence-corrected chi connectivity index (χ1v) is 11.8. The van der Waals surface area contributed by atoms with E-state index in [1.54, 1.807) is 36.4 Å². The summed E-state index contributed by atoms with van der Waals surface area (Å²) in [6.07, 6.45) is -0.590. The molecule has 0 bridgehead atoms.